The van der Waals surface area contributed by atoms with E-state index in [0.29, 0.717) is 36.1 Å². The molecule has 0 aliphatic heterocycles. The topological polar surface area (TPSA) is 112 Å². The van der Waals surface area contributed by atoms with Crippen molar-refractivity contribution in [2.75, 3.05) is 13.7 Å². The van der Waals surface area contributed by atoms with Crippen LogP contribution in [0.4, 0.5) is 0 Å². The number of ether oxygens (including phenoxy) is 1. The van der Waals surface area contributed by atoms with Gasteiger partial charge in [-0.3, -0.25) is 4.79 Å². The van der Waals surface area contributed by atoms with Crippen LogP contribution in [0.25, 0.3) is 11.0 Å². The second kappa shape index (κ2) is 10.7. The Kier molecular flexibility index (Phi) is 7.29. The van der Waals surface area contributed by atoms with Gasteiger partial charge in [0.1, 0.15) is 16.8 Å². The van der Waals surface area contributed by atoms with E-state index in [-0.39, 0.29) is 5.91 Å². The van der Waals surface area contributed by atoms with Crippen LogP contribution in [0.3, 0.4) is 0 Å². The molecular formula is C25H27N5O3. The summed E-state index contributed by atoms with van der Waals surface area (Å²) in [6.45, 7) is 0.889. The van der Waals surface area contributed by atoms with Crippen LogP contribution >= 0.6 is 0 Å². The molecule has 33 heavy (non-hydrogen) atoms. The number of nitrogens with zero attached hydrogens (tertiary/aromatic N) is 2. The van der Waals surface area contributed by atoms with Crippen LogP contribution in [-0.4, -0.2) is 52.2 Å². The van der Waals surface area contributed by atoms with E-state index in [9.17, 15) is 9.90 Å². The molecule has 8 heteroatoms. The lowest BCUT2D eigenvalue weighted by atomic mass is 10.00. The normalized spacial score (nSPS) is 12.9. The largest absolute Gasteiger partial charge is 0.497 e. The Labute approximate surface area is 192 Å². The van der Waals surface area contributed by atoms with Gasteiger partial charge in [0.2, 0.25) is 0 Å². The van der Waals surface area contributed by atoms with Gasteiger partial charge in [0.15, 0.2) is 0 Å². The maximum atomic E-state index is 13.0. The van der Waals surface area contributed by atoms with Gasteiger partial charge in [0.25, 0.3) is 5.91 Å². The zero-order chi connectivity index (χ0) is 23.0. The minimum Gasteiger partial charge on any atom is -0.497 e. The standard InChI is InChI=1S/C25H27N5O3/c1-33-20-9-5-8-18(12-20)15-26-16-24(31)23(13-17-6-3-2-4-7-17)27-25(32)19-10-11-21-22(14-19)29-30-28-21/h2-12,14,23-24,26,31H,13,15-16H2,1H3,(H,27,32)(H,28,29,30)/t23-,24-/m0/s1. The van der Waals surface area contributed by atoms with Crippen LogP contribution in [0.1, 0.15) is 21.5 Å². The van der Waals surface area contributed by atoms with E-state index in [2.05, 4.69) is 26.0 Å². The fourth-order valence-corrected chi connectivity index (χ4v) is 3.67. The molecule has 170 valence electrons. The van der Waals surface area contributed by atoms with E-state index in [0.717, 1.165) is 16.9 Å². The van der Waals surface area contributed by atoms with Gasteiger partial charge in [-0.05, 0) is 47.9 Å². The summed E-state index contributed by atoms with van der Waals surface area (Å²) in [6, 6.07) is 22.2. The molecule has 0 aliphatic rings. The van der Waals surface area contributed by atoms with Crippen molar-refractivity contribution < 1.29 is 14.6 Å². The predicted octanol–water partition coefficient (Wildman–Crippen LogP) is 2.46. The second-order valence-electron chi connectivity index (χ2n) is 7.85. The number of amides is 1. The Bertz CT molecular complexity index is 1190. The molecule has 4 N–H and O–H groups in total. The molecule has 0 fully saturated rings. The van der Waals surface area contributed by atoms with Gasteiger partial charge in [-0.25, -0.2) is 0 Å². The first-order chi connectivity index (χ1) is 16.1. The van der Waals surface area contributed by atoms with Gasteiger partial charge in [0, 0.05) is 18.7 Å². The van der Waals surface area contributed by atoms with Crippen molar-refractivity contribution in [3.05, 3.63) is 89.5 Å². The number of H-pyrrole nitrogens is 1. The van der Waals surface area contributed by atoms with E-state index in [1.807, 2.05) is 54.6 Å². The zero-order valence-electron chi connectivity index (χ0n) is 18.4. The Morgan fingerprint density at radius 2 is 1.79 bits per heavy atom. The second-order valence-corrected chi connectivity index (χ2v) is 7.85. The van der Waals surface area contributed by atoms with Gasteiger partial charge < -0.3 is 20.5 Å². The van der Waals surface area contributed by atoms with Crippen molar-refractivity contribution >= 4 is 16.9 Å². The molecule has 0 saturated heterocycles. The highest BCUT2D eigenvalue weighted by molar-refractivity contribution is 5.97. The Morgan fingerprint density at radius 1 is 1.00 bits per heavy atom. The summed E-state index contributed by atoms with van der Waals surface area (Å²) in [5.74, 6) is 0.515. The van der Waals surface area contributed by atoms with Crippen molar-refractivity contribution in [3.8, 4) is 5.75 Å². The van der Waals surface area contributed by atoms with E-state index < -0.39 is 12.1 Å². The summed E-state index contributed by atoms with van der Waals surface area (Å²) in [6.07, 6.45) is -0.295. The molecule has 3 aromatic carbocycles. The molecule has 0 unspecified atom stereocenters. The lowest BCUT2D eigenvalue weighted by molar-refractivity contribution is 0.0830. The fraction of sp³-hybridized carbons (Fsp3) is 0.240. The Balaban J connectivity index is 1.43. The number of carbonyl (C=O) groups excluding carboxylic acids is 1. The molecule has 1 aromatic heterocycles. The molecule has 4 rings (SSSR count). The number of hydrogen-bond donors (Lipinski definition) is 4. The lowest BCUT2D eigenvalue weighted by Crippen LogP contribution is -2.48. The minimum absolute atomic E-state index is 0.271. The Hall–Kier alpha value is -3.75. The van der Waals surface area contributed by atoms with E-state index >= 15 is 0 Å². The number of rotatable bonds is 10. The molecule has 8 nitrogen and oxygen atoms in total. The van der Waals surface area contributed by atoms with Gasteiger partial charge in [0.05, 0.1) is 19.3 Å². The number of benzene rings is 3. The number of aromatic nitrogens is 3. The van der Waals surface area contributed by atoms with E-state index in [4.69, 9.17) is 4.74 Å². The number of hydrogen-bond acceptors (Lipinski definition) is 6. The average molecular weight is 446 g/mol. The van der Waals surface area contributed by atoms with Crippen molar-refractivity contribution in [1.82, 2.24) is 26.0 Å². The van der Waals surface area contributed by atoms with Gasteiger partial charge in [-0.1, -0.05) is 42.5 Å². The van der Waals surface area contributed by atoms with Crippen molar-refractivity contribution in [3.63, 3.8) is 0 Å². The number of methoxy groups -OCH3 is 1. The maximum absolute atomic E-state index is 13.0. The molecule has 0 aliphatic carbocycles. The van der Waals surface area contributed by atoms with E-state index in [1.54, 1.807) is 25.3 Å². The van der Waals surface area contributed by atoms with Gasteiger partial charge >= 0.3 is 0 Å². The van der Waals surface area contributed by atoms with Crippen LogP contribution in [0.2, 0.25) is 0 Å². The molecule has 1 heterocycles. The van der Waals surface area contributed by atoms with Gasteiger partial charge in [-0.2, -0.15) is 15.4 Å². The van der Waals surface area contributed by atoms with Crippen molar-refractivity contribution in [1.29, 1.82) is 0 Å². The first-order valence-corrected chi connectivity index (χ1v) is 10.8. The van der Waals surface area contributed by atoms with Crippen LogP contribution in [0, 0.1) is 0 Å². The number of fused-ring (bicyclic) bond motifs is 1. The first-order valence-electron chi connectivity index (χ1n) is 10.8. The summed E-state index contributed by atoms with van der Waals surface area (Å²) < 4.78 is 5.26. The van der Waals surface area contributed by atoms with Crippen LogP contribution in [0.5, 0.6) is 5.75 Å². The molecular weight excluding hydrogens is 418 g/mol. The highest BCUT2D eigenvalue weighted by atomic mass is 16.5. The first kappa shape index (κ1) is 22.4. The molecule has 4 aromatic rings. The number of aliphatic hydroxyl groups is 1. The smallest absolute Gasteiger partial charge is 0.251 e. The summed E-state index contributed by atoms with van der Waals surface area (Å²) >= 11 is 0. The summed E-state index contributed by atoms with van der Waals surface area (Å²) in [7, 11) is 1.63. The third-order valence-corrected chi connectivity index (χ3v) is 5.47. The number of aliphatic hydroxyl groups excluding tert-OH is 1. The SMILES string of the molecule is COc1cccc(CNC[C@H](O)[C@H](Cc2ccccc2)NC(=O)c2ccc3n[nH]nc3c2)c1. The third-order valence-electron chi connectivity index (χ3n) is 5.47. The van der Waals surface area contributed by atoms with Crippen molar-refractivity contribution in [2.45, 2.75) is 25.1 Å². The van der Waals surface area contributed by atoms with Crippen LogP contribution < -0.4 is 15.4 Å². The quantitative estimate of drug-likeness (QED) is 0.298. The van der Waals surface area contributed by atoms with E-state index in [1.165, 1.54) is 0 Å². The zero-order valence-corrected chi connectivity index (χ0v) is 18.4. The van der Waals surface area contributed by atoms with Crippen LogP contribution in [-0.2, 0) is 13.0 Å². The van der Waals surface area contributed by atoms with Gasteiger partial charge in [-0.15, -0.1) is 0 Å². The summed E-state index contributed by atoms with van der Waals surface area (Å²) in [5, 5.41) is 27.8. The van der Waals surface area contributed by atoms with Crippen LogP contribution in [0.15, 0.2) is 72.8 Å². The molecule has 0 spiro atoms. The molecule has 1 amide bonds. The summed E-state index contributed by atoms with van der Waals surface area (Å²) in [5.41, 5.74) is 3.84. The predicted molar refractivity (Wildman–Crippen MR) is 126 cm³/mol. The number of nitrogens with one attached hydrogen (secondary N) is 3. The third kappa shape index (κ3) is 5.94. The highest BCUT2D eigenvalue weighted by Crippen LogP contribution is 2.14. The van der Waals surface area contributed by atoms with Crippen molar-refractivity contribution in [2.24, 2.45) is 0 Å². The maximum Gasteiger partial charge on any atom is 0.251 e. The fourth-order valence-electron chi connectivity index (χ4n) is 3.67. The minimum atomic E-state index is -0.796. The Morgan fingerprint density at radius 3 is 2.61 bits per heavy atom. The molecule has 2 atom stereocenters. The molecule has 0 radical (unpaired) electrons. The monoisotopic (exact) mass is 445 g/mol. The highest BCUT2D eigenvalue weighted by Gasteiger charge is 2.22. The molecule has 0 bridgehead atoms. The number of carbonyl (C=O) groups is 1. The lowest BCUT2D eigenvalue weighted by Gasteiger charge is -2.25. The molecule has 0 saturated carbocycles. The number of aromatic amines is 1. The average Bonchev–Trinajstić information content (AvgIpc) is 3.32. The summed E-state index contributed by atoms with van der Waals surface area (Å²) in [4.78, 5) is 13.0.